The summed E-state index contributed by atoms with van der Waals surface area (Å²) in [6.45, 7) is 2.10. The third-order valence-corrected chi connectivity index (χ3v) is 4.83. The van der Waals surface area contributed by atoms with Crippen LogP contribution < -0.4 is 0 Å². The number of rotatable bonds is 3. The van der Waals surface area contributed by atoms with Gasteiger partial charge in [0.1, 0.15) is 5.15 Å². The van der Waals surface area contributed by atoms with Crippen LogP contribution in [0.2, 0.25) is 5.15 Å². The molecule has 1 aliphatic carbocycles. The van der Waals surface area contributed by atoms with E-state index in [1.165, 1.54) is 24.0 Å². The quantitative estimate of drug-likeness (QED) is 0.470. The molecule has 0 spiro atoms. The zero-order valence-corrected chi connectivity index (χ0v) is 13.1. The molecule has 2 aromatic rings. The van der Waals surface area contributed by atoms with Crippen LogP contribution in [0.4, 0.5) is 0 Å². The van der Waals surface area contributed by atoms with Crippen molar-refractivity contribution in [2.75, 3.05) is 0 Å². The smallest absolute Gasteiger partial charge is 0.189 e. The predicted molar refractivity (Wildman–Crippen MR) is 84.4 cm³/mol. The van der Waals surface area contributed by atoms with Gasteiger partial charge >= 0.3 is 0 Å². The lowest BCUT2D eigenvalue weighted by atomic mass is 9.98. The molecular formula is C16H17ClN2S. The van der Waals surface area contributed by atoms with Crippen molar-refractivity contribution in [2.45, 2.75) is 43.5 Å². The average Bonchev–Trinajstić information content (AvgIpc) is 2.47. The topological polar surface area (TPSA) is 25.8 Å². The third-order valence-electron chi connectivity index (χ3n) is 3.60. The summed E-state index contributed by atoms with van der Waals surface area (Å²) in [6.07, 6.45) is 4.47. The molecular weight excluding hydrogens is 288 g/mol. The molecule has 0 unspecified atom stereocenters. The highest BCUT2D eigenvalue weighted by Gasteiger charge is 2.16. The minimum Gasteiger partial charge on any atom is -0.227 e. The first kappa shape index (κ1) is 13.9. The fraction of sp³-hybridized carbons (Fsp3) is 0.375. The summed E-state index contributed by atoms with van der Waals surface area (Å²) in [5, 5.41) is 1.46. The van der Waals surface area contributed by atoms with Crippen molar-refractivity contribution in [3.05, 3.63) is 51.8 Å². The molecule has 0 fully saturated rings. The first-order valence-corrected chi connectivity index (χ1v) is 8.32. The lowest BCUT2D eigenvalue weighted by molar-refractivity contribution is 0.649. The maximum Gasteiger partial charge on any atom is 0.189 e. The molecule has 104 valence electrons. The number of hydrogen-bond donors (Lipinski definition) is 0. The summed E-state index contributed by atoms with van der Waals surface area (Å²) in [5.41, 5.74) is 4.89. The van der Waals surface area contributed by atoms with Gasteiger partial charge < -0.3 is 0 Å². The van der Waals surface area contributed by atoms with Gasteiger partial charge in [-0.1, -0.05) is 53.2 Å². The number of nitrogens with zero attached hydrogens (tertiary/aromatic N) is 2. The lowest BCUT2D eigenvalue weighted by Gasteiger charge is -2.16. The highest BCUT2D eigenvalue weighted by atomic mass is 35.5. The Morgan fingerprint density at radius 3 is 2.65 bits per heavy atom. The first-order valence-electron chi connectivity index (χ1n) is 6.96. The summed E-state index contributed by atoms with van der Waals surface area (Å²) < 4.78 is 0. The molecule has 1 aliphatic rings. The van der Waals surface area contributed by atoms with Gasteiger partial charge in [0.15, 0.2) is 5.16 Å². The van der Waals surface area contributed by atoms with Gasteiger partial charge in [0.2, 0.25) is 0 Å². The highest BCUT2D eigenvalue weighted by molar-refractivity contribution is 7.98. The second-order valence-corrected chi connectivity index (χ2v) is 6.50. The van der Waals surface area contributed by atoms with Crippen LogP contribution in [0.25, 0.3) is 0 Å². The summed E-state index contributed by atoms with van der Waals surface area (Å²) in [4.78, 5) is 9.11. The summed E-state index contributed by atoms with van der Waals surface area (Å²) in [6, 6.07) is 8.58. The molecule has 4 heteroatoms. The normalized spacial score (nSPS) is 14.1. The van der Waals surface area contributed by atoms with E-state index < -0.39 is 0 Å². The molecule has 0 amide bonds. The predicted octanol–water partition coefficient (Wildman–Crippen LogP) is 4.61. The van der Waals surface area contributed by atoms with E-state index in [1.54, 1.807) is 11.8 Å². The van der Waals surface area contributed by atoms with Crippen molar-refractivity contribution in [3.63, 3.8) is 0 Å². The van der Waals surface area contributed by atoms with E-state index in [2.05, 4.69) is 41.2 Å². The summed E-state index contributed by atoms with van der Waals surface area (Å²) in [7, 11) is 0. The first-order chi connectivity index (χ1) is 9.72. The van der Waals surface area contributed by atoms with Crippen molar-refractivity contribution in [3.8, 4) is 0 Å². The van der Waals surface area contributed by atoms with E-state index in [1.807, 2.05) is 0 Å². The van der Waals surface area contributed by atoms with Crippen molar-refractivity contribution in [1.82, 2.24) is 9.97 Å². The Labute approximate surface area is 129 Å². The van der Waals surface area contributed by atoms with Crippen LogP contribution in [0.1, 0.15) is 35.2 Å². The Balaban J connectivity index is 1.74. The van der Waals surface area contributed by atoms with E-state index in [-0.39, 0.29) is 0 Å². The molecule has 0 saturated heterocycles. The van der Waals surface area contributed by atoms with Gasteiger partial charge in [-0.2, -0.15) is 0 Å². The number of thioether (sulfide) groups is 1. The van der Waals surface area contributed by atoms with Gasteiger partial charge in [-0.15, -0.1) is 0 Å². The Morgan fingerprint density at radius 2 is 1.85 bits per heavy atom. The number of aromatic nitrogens is 2. The van der Waals surface area contributed by atoms with Crippen molar-refractivity contribution in [2.24, 2.45) is 0 Å². The molecule has 0 radical (unpaired) electrons. The van der Waals surface area contributed by atoms with Gasteiger partial charge in [0, 0.05) is 17.0 Å². The summed E-state index contributed by atoms with van der Waals surface area (Å²) in [5.74, 6) is 0.884. The zero-order valence-electron chi connectivity index (χ0n) is 11.5. The van der Waals surface area contributed by atoms with Crippen LogP contribution in [0.5, 0.6) is 0 Å². The van der Waals surface area contributed by atoms with Crippen LogP contribution in [0, 0.1) is 6.92 Å². The minimum absolute atomic E-state index is 0.654. The maximum absolute atomic E-state index is 6.29. The van der Waals surface area contributed by atoms with E-state index in [0.717, 1.165) is 35.0 Å². The Hall–Kier alpha value is -1.06. The SMILES string of the molecule is Cc1ccc(CSc2nc(Cl)c3c(n2)CCCC3)cc1. The molecule has 1 aromatic carbocycles. The van der Waals surface area contributed by atoms with Crippen LogP contribution in [0.15, 0.2) is 29.4 Å². The largest absolute Gasteiger partial charge is 0.227 e. The number of halogens is 1. The van der Waals surface area contributed by atoms with E-state index in [4.69, 9.17) is 11.6 Å². The van der Waals surface area contributed by atoms with Crippen molar-refractivity contribution < 1.29 is 0 Å². The van der Waals surface area contributed by atoms with E-state index in [0.29, 0.717) is 5.15 Å². The van der Waals surface area contributed by atoms with Gasteiger partial charge in [-0.05, 0) is 38.2 Å². The number of hydrogen-bond acceptors (Lipinski definition) is 3. The van der Waals surface area contributed by atoms with Gasteiger partial charge in [0.05, 0.1) is 0 Å². The van der Waals surface area contributed by atoms with E-state index in [9.17, 15) is 0 Å². The third kappa shape index (κ3) is 3.15. The fourth-order valence-corrected chi connectivity index (χ4v) is 3.58. The molecule has 2 nitrogen and oxygen atoms in total. The Morgan fingerprint density at radius 1 is 1.10 bits per heavy atom. The van der Waals surface area contributed by atoms with Gasteiger partial charge in [0.25, 0.3) is 0 Å². The molecule has 0 bridgehead atoms. The fourth-order valence-electron chi connectivity index (χ4n) is 2.42. The monoisotopic (exact) mass is 304 g/mol. The number of benzene rings is 1. The standard InChI is InChI=1S/C16H17ClN2S/c1-11-6-8-12(9-7-11)10-20-16-18-14-5-3-2-4-13(14)15(17)19-16/h6-9H,2-5,10H2,1H3. The molecule has 3 rings (SSSR count). The highest BCUT2D eigenvalue weighted by Crippen LogP contribution is 2.29. The molecule has 0 atom stereocenters. The van der Waals surface area contributed by atoms with Crippen LogP contribution in [-0.4, -0.2) is 9.97 Å². The summed E-state index contributed by atoms with van der Waals surface area (Å²) >= 11 is 7.95. The van der Waals surface area contributed by atoms with Crippen LogP contribution in [0.3, 0.4) is 0 Å². The van der Waals surface area contributed by atoms with Crippen LogP contribution in [-0.2, 0) is 18.6 Å². The molecule has 0 aliphatic heterocycles. The maximum atomic E-state index is 6.29. The van der Waals surface area contributed by atoms with E-state index >= 15 is 0 Å². The lowest BCUT2D eigenvalue weighted by Crippen LogP contribution is -2.08. The van der Waals surface area contributed by atoms with Gasteiger partial charge in [-0.25, -0.2) is 9.97 Å². The number of fused-ring (bicyclic) bond motifs is 1. The Bertz CT molecular complexity index is 611. The van der Waals surface area contributed by atoms with Crippen molar-refractivity contribution in [1.29, 1.82) is 0 Å². The molecule has 1 heterocycles. The van der Waals surface area contributed by atoms with Crippen molar-refractivity contribution >= 4 is 23.4 Å². The average molecular weight is 305 g/mol. The molecule has 0 N–H and O–H groups in total. The minimum atomic E-state index is 0.654. The van der Waals surface area contributed by atoms with Crippen LogP contribution >= 0.6 is 23.4 Å². The molecule has 20 heavy (non-hydrogen) atoms. The second kappa shape index (κ2) is 6.15. The zero-order chi connectivity index (χ0) is 13.9. The second-order valence-electron chi connectivity index (χ2n) is 5.20. The number of aryl methyl sites for hydroxylation is 2. The molecule has 1 aromatic heterocycles. The molecule has 0 saturated carbocycles. The van der Waals surface area contributed by atoms with Gasteiger partial charge in [-0.3, -0.25) is 0 Å². The Kier molecular flexibility index (Phi) is 4.27.